The molecule has 1 amide bonds. The van der Waals surface area contributed by atoms with Gasteiger partial charge in [-0.25, -0.2) is 8.42 Å². The number of anilines is 1. The number of nitrogens with one attached hydrogen (secondary N) is 1. The van der Waals surface area contributed by atoms with Gasteiger partial charge in [-0.15, -0.1) is 0 Å². The first-order valence-electron chi connectivity index (χ1n) is 10.2. The first-order valence-corrected chi connectivity index (χ1v) is 11.7. The van der Waals surface area contributed by atoms with Crippen molar-refractivity contribution in [3.05, 3.63) is 72.6 Å². The molecule has 1 aliphatic heterocycles. The van der Waals surface area contributed by atoms with E-state index in [4.69, 9.17) is 4.74 Å². The number of nitrogens with zero attached hydrogens (tertiary/aromatic N) is 2. The molecule has 0 atom stereocenters. The molecule has 0 saturated heterocycles. The van der Waals surface area contributed by atoms with Gasteiger partial charge in [-0.2, -0.15) is 0 Å². The van der Waals surface area contributed by atoms with Crippen LogP contribution >= 0.6 is 0 Å². The summed E-state index contributed by atoms with van der Waals surface area (Å²) in [6.07, 6.45) is 2.31. The molecule has 0 aliphatic carbocycles. The molecule has 0 unspecified atom stereocenters. The molecule has 8 heteroatoms. The van der Waals surface area contributed by atoms with Crippen LogP contribution in [0.3, 0.4) is 0 Å². The normalized spacial score (nSPS) is 14.3. The highest BCUT2D eigenvalue weighted by Crippen LogP contribution is 2.26. The summed E-state index contributed by atoms with van der Waals surface area (Å²) in [4.78, 5) is 14.7. The molecule has 0 radical (unpaired) electrons. The number of hydrogen-bond acceptors (Lipinski definition) is 4. The lowest BCUT2D eigenvalue weighted by atomic mass is 10.2. The molecule has 0 bridgehead atoms. The number of ether oxygens (including phenoxy) is 1. The molecule has 1 N–H and O–H groups in total. The Bertz CT molecular complexity index is 1170. The van der Waals surface area contributed by atoms with Crippen LogP contribution in [-0.2, 0) is 16.6 Å². The first kappa shape index (κ1) is 21.0. The summed E-state index contributed by atoms with van der Waals surface area (Å²) in [5.41, 5.74) is 0.815. The number of amides is 1. The smallest absolute Gasteiger partial charge is 0.270 e. The quantitative estimate of drug-likeness (QED) is 0.620. The summed E-state index contributed by atoms with van der Waals surface area (Å²) in [6.45, 7) is 5.18. The van der Waals surface area contributed by atoms with Crippen molar-refractivity contribution in [3.8, 4) is 11.5 Å². The molecular weight excluding hydrogens is 414 g/mol. The Morgan fingerprint density at radius 3 is 2.32 bits per heavy atom. The van der Waals surface area contributed by atoms with Gasteiger partial charge in [0.15, 0.2) is 0 Å². The predicted molar refractivity (Wildman–Crippen MR) is 119 cm³/mol. The number of sulfonamides is 1. The third kappa shape index (κ3) is 4.59. The van der Waals surface area contributed by atoms with Crippen LogP contribution in [-0.4, -0.2) is 36.4 Å². The molecule has 162 valence electrons. The van der Waals surface area contributed by atoms with Crippen LogP contribution in [0.4, 0.5) is 5.69 Å². The molecule has 7 nitrogen and oxygen atoms in total. The van der Waals surface area contributed by atoms with Gasteiger partial charge in [0.25, 0.3) is 15.9 Å². The van der Waals surface area contributed by atoms with E-state index in [-0.39, 0.29) is 16.8 Å². The van der Waals surface area contributed by atoms with Crippen LogP contribution in [0.25, 0.3) is 0 Å². The number of carbonyl (C=O) groups is 1. The highest BCUT2D eigenvalue weighted by molar-refractivity contribution is 7.92. The fraction of sp³-hybridized carbons (Fsp3) is 0.261. The third-order valence-corrected chi connectivity index (χ3v) is 6.52. The molecule has 31 heavy (non-hydrogen) atoms. The lowest BCUT2D eigenvalue weighted by Crippen LogP contribution is -2.36. The predicted octanol–water partition coefficient (Wildman–Crippen LogP) is 4.34. The summed E-state index contributed by atoms with van der Waals surface area (Å²) in [5, 5.41) is 0. The van der Waals surface area contributed by atoms with Crippen molar-refractivity contribution < 1.29 is 17.9 Å². The van der Waals surface area contributed by atoms with Crippen molar-refractivity contribution >= 4 is 21.6 Å². The summed E-state index contributed by atoms with van der Waals surface area (Å²) >= 11 is 0. The largest absolute Gasteiger partial charge is 0.457 e. The van der Waals surface area contributed by atoms with Crippen molar-refractivity contribution in [2.75, 3.05) is 11.3 Å². The number of para-hydroxylation sites is 1. The average Bonchev–Trinajstić information content (AvgIpc) is 3.11. The molecule has 2 heterocycles. The van der Waals surface area contributed by atoms with Crippen LogP contribution < -0.4 is 9.46 Å². The van der Waals surface area contributed by atoms with Gasteiger partial charge in [0.1, 0.15) is 22.1 Å². The van der Waals surface area contributed by atoms with E-state index in [2.05, 4.69) is 4.72 Å². The van der Waals surface area contributed by atoms with E-state index in [1.165, 1.54) is 12.3 Å². The number of aromatic nitrogens is 1. The van der Waals surface area contributed by atoms with Gasteiger partial charge in [0, 0.05) is 31.0 Å². The Morgan fingerprint density at radius 2 is 1.65 bits per heavy atom. The minimum absolute atomic E-state index is 0.0590. The third-order valence-electron chi connectivity index (χ3n) is 5.17. The first-order chi connectivity index (χ1) is 14.8. The Morgan fingerprint density at radius 1 is 0.968 bits per heavy atom. The molecule has 0 fully saturated rings. The molecule has 0 saturated carbocycles. The number of carbonyl (C=O) groups excluding carboxylic acids is 1. The fourth-order valence-corrected chi connectivity index (χ4v) is 4.67. The molecule has 1 aromatic heterocycles. The van der Waals surface area contributed by atoms with Crippen LogP contribution in [0.15, 0.2) is 71.8 Å². The minimum atomic E-state index is -3.83. The van der Waals surface area contributed by atoms with Crippen molar-refractivity contribution in [1.29, 1.82) is 0 Å². The molecule has 2 aromatic carbocycles. The van der Waals surface area contributed by atoms with Crippen LogP contribution in [0.1, 0.15) is 30.8 Å². The standard InChI is InChI=1S/C23H25N3O4S/c1-17(2)26-14-6-13-25-16-21(15-22(25)23(26)27)31(28,29)24-18-9-11-20(12-10-18)30-19-7-4-3-5-8-19/h3-5,7-12,15-17,24H,6,13-14H2,1-2H3. The lowest BCUT2D eigenvalue weighted by molar-refractivity contribution is 0.0709. The van der Waals surface area contributed by atoms with Crippen LogP contribution in [0.2, 0.25) is 0 Å². The van der Waals surface area contributed by atoms with E-state index in [1.54, 1.807) is 33.7 Å². The van der Waals surface area contributed by atoms with Crippen molar-refractivity contribution in [2.24, 2.45) is 0 Å². The Hall–Kier alpha value is -3.26. The maximum absolute atomic E-state index is 12.9. The summed E-state index contributed by atoms with van der Waals surface area (Å²) in [6, 6.07) is 17.5. The number of rotatable bonds is 6. The van der Waals surface area contributed by atoms with Gasteiger partial charge < -0.3 is 14.2 Å². The number of aryl methyl sites for hydroxylation is 1. The zero-order valence-electron chi connectivity index (χ0n) is 17.5. The second-order valence-electron chi connectivity index (χ2n) is 7.75. The van der Waals surface area contributed by atoms with Crippen LogP contribution in [0, 0.1) is 0 Å². The van der Waals surface area contributed by atoms with Crippen molar-refractivity contribution in [1.82, 2.24) is 9.47 Å². The number of hydrogen-bond donors (Lipinski definition) is 1. The van der Waals surface area contributed by atoms with Gasteiger partial charge in [0.05, 0.1) is 0 Å². The summed E-state index contributed by atoms with van der Waals surface area (Å²) in [7, 11) is -3.83. The molecule has 0 spiro atoms. The highest BCUT2D eigenvalue weighted by Gasteiger charge is 2.28. The van der Waals surface area contributed by atoms with Crippen molar-refractivity contribution in [2.45, 2.75) is 37.8 Å². The fourth-order valence-electron chi connectivity index (χ4n) is 3.58. The van der Waals surface area contributed by atoms with E-state index in [0.717, 1.165) is 6.42 Å². The second-order valence-corrected chi connectivity index (χ2v) is 9.43. The zero-order valence-corrected chi connectivity index (χ0v) is 18.3. The highest BCUT2D eigenvalue weighted by atomic mass is 32.2. The van der Waals surface area contributed by atoms with Gasteiger partial charge >= 0.3 is 0 Å². The monoisotopic (exact) mass is 439 g/mol. The maximum atomic E-state index is 12.9. The summed E-state index contributed by atoms with van der Waals surface area (Å²) < 4.78 is 35.9. The SMILES string of the molecule is CC(C)N1CCCn2cc(S(=O)(=O)Nc3ccc(Oc4ccccc4)cc3)cc2C1=O. The van der Waals surface area contributed by atoms with Crippen molar-refractivity contribution in [3.63, 3.8) is 0 Å². The Balaban J connectivity index is 1.51. The Labute approximate surface area is 182 Å². The van der Waals surface area contributed by atoms with Gasteiger partial charge in [0.2, 0.25) is 0 Å². The molecular formula is C23H25N3O4S. The van der Waals surface area contributed by atoms with E-state index < -0.39 is 10.0 Å². The minimum Gasteiger partial charge on any atom is -0.457 e. The number of benzene rings is 2. The average molecular weight is 440 g/mol. The maximum Gasteiger partial charge on any atom is 0.270 e. The molecule has 3 aromatic rings. The van der Waals surface area contributed by atoms with E-state index in [0.29, 0.717) is 36.0 Å². The van der Waals surface area contributed by atoms with Crippen LogP contribution in [0.5, 0.6) is 11.5 Å². The van der Waals surface area contributed by atoms with Gasteiger partial charge in [-0.05, 0) is 62.7 Å². The lowest BCUT2D eigenvalue weighted by Gasteiger charge is -2.24. The van der Waals surface area contributed by atoms with E-state index in [9.17, 15) is 13.2 Å². The molecule has 1 aliphatic rings. The Kier molecular flexibility index (Phi) is 5.73. The van der Waals surface area contributed by atoms with E-state index >= 15 is 0 Å². The number of fused-ring (bicyclic) bond motifs is 1. The molecule has 4 rings (SSSR count). The van der Waals surface area contributed by atoms with E-state index in [1.807, 2.05) is 44.2 Å². The second kappa shape index (κ2) is 8.47. The zero-order chi connectivity index (χ0) is 22.0. The summed E-state index contributed by atoms with van der Waals surface area (Å²) in [5.74, 6) is 1.16. The van der Waals surface area contributed by atoms with Gasteiger partial charge in [-0.1, -0.05) is 18.2 Å². The topological polar surface area (TPSA) is 80.6 Å². The van der Waals surface area contributed by atoms with Gasteiger partial charge in [-0.3, -0.25) is 9.52 Å².